The fourth-order valence-electron chi connectivity index (χ4n) is 1.79. The molecule has 94 valence electrons. The molecule has 2 aromatic rings. The molecule has 0 radical (unpaired) electrons. The van der Waals surface area contributed by atoms with Gasteiger partial charge in [-0.2, -0.15) is 5.26 Å². The molecule has 0 unspecified atom stereocenters. The average Bonchev–Trinajstić information content (AvgIpc) is 2.48. The second-order valence-corrected chi connectivity index (χ2v) is 4.16. The van der Waals surface area contributed by atoms with Crippen molar-refractivity contribution in [1.82, 2.24) is 0 Å². The first-order valence-electron chi connectivity index (χ1n) is 6.12. The van der Waals surface area contributed by atoms with Gasteiger partial charge >= 0.3 is 0 Å². The van der Waals surface area contributed by atoms with Crippen molar-refractivity contribution in [3.63, 3.8) is 0 Å². The summed E-state index contributed by atoms with van der Waals surface area (Å²) in [6, 6.07) is 18.6. The minimum Gasteiger partial charge on any atom is -0.385 e. The number of hydrogen-bond donors (Lipinski definition) is 1. The lowest BCUT2D eigenvalue weighted by atomic mass is 10.1. The quantitative estimate of drug-likeness (QED) is 0.829. The van der Waals surface area contributed by atoms with Crippen LogP contribution in [0.5, 0.6) is 0 Å². The second kappa shape index (κ2) is 6.36. The van der Waals surface area contributed by atoms with E-state index in [9.17, 15) is 4.79 Å². The minimum atomic E-state index is 0.115. The molecule has 3 heteroatoms. The number of ketones is 1. The Morgan fingerprint density at radius 1 is 1.11 bits per heavy atom. The maximum Gasteiger partial charge on any atom is 0.164 e. The highest BCUT2D eigenvalue weighted by Crippen LogP contribution is 2.10. The standard InChI is InChI=1S/C16H14N2O/c17-12-13-5-4-8-15(11-13)18-10-9-16(19)14-6-2-1-3-7-14/h1-8,11,18H,9-10H2. The van der Waals surface area contributed by atoms with Gasteiger partial charge in [0.2, 0.25) is 0 Å². The van der Waals surface area contributed by atoms with Gasteiger partial charge in [-0.3, -0.25) is 4.79 Å². The molecule has 2 aromatic carbocycles. The monoisotopic (exact) mass is 250 g/mol. The van der Waals surface area contributed by atoms with Crippen molar-refractivity contribution in [3.8, 4) is 6.07 Å². The van der Waals surface area contributed by atoms with E-state index in [0.717, 1.165) is 11.3 Å². The zero-order valence-corrected chi connectivity index (χ0v) is 10.5. The van der Waals surface area contributed by atoms with Crippen molar-refractivity contribution in [2.75, 3.05) is 11.9 Å². The minimum absolute atomic E-state index is 0.115. The number of Topliss-reactive ketones (excluding diaryl/α,β-unsaturated/α-hetero) is 1. The van der Waals surface area contributed by atoms with Crippen molar-refractivity contribution in [2.24, 2.45) is 0 Å². The molecule has 0 aliphatic carbocycles. The first-order valence-corrected chi connectivity index (χ1v) is 6.12. The maximum atomic E-state index is 11.9. The molecule has 2 rings (SSSR count). The molecule has 0 aliphatic rings. The Bertz CT molecular complexity index is 600. The molecule has 0 bridgehead atoms. The molecule has 0 fully saturated rings. The molecular formula is C16H14N2O. The summed E-state index contributed by atoms with van der Waals surface area (Å²) in [7, 11) is 0. The van der Waals surface area contributed by atoms with Gasteiger partial charge in [0.1, 0.15) is 0 Å². The van der Waals surface area contributed by atoms with Crippen molar-refractivity contribution in [3.05, 3.63) is 65.7 Å². The first kappa shape index (κ1) is 12.8. The predicted octanol–water partition coefficient (Wildman–Crippen LogP) is 3.24. The Morgan fingerprint density at radius 3 is 2.63 bits per heavy atom. The number of nitrogens with one attached hydrogen (secondary N) is 1. The van der Waals surface area contributed by atoms with Crippen molar-refractivity contribution in [2.45, 2.75) is 6.42 Å². The van der Waals surface area contributed by atoms with Crippen LogP contribution in [0.3, 0.4) is 0 Å². The van der Waals surface area contributed by atoms with E-state index in [1.807, 2.05) is 42.5 Å². The lowest BCUT2D eigenvalue weighted by Gasteiger charge is -2.06. The molecule has 0 aliphatic heterocycles. The largest absolute Gasteiger partial charge is 0.385 e. The Balaban J connectivity index is 1.87. The SMILES string of the molecule is N#Cc1cccc(NCCC(=O)c2ccccc2)c1. The Kier molecular flexibility index (Phi) is 4.30. The second-order valence-electron chi connectivity index (χ2n) is 4.16. The van der Waals surface area contributed by atoms with Crippen LogP contribution < -0.4 is 5.32 Å². The first-order chi connectivity index (χ1) is 9.29. The molecule has 0 spiro atoms. The summed E-state index contributed by atoms with van der Waals surface area (Å²) in [5, 5.41) is 11.9. The molecule has 3 nitrogen and oxygen atoms in total. The van der Waals surface area contributed by atoms with Gasteiger partial charge in [0, 0.05) is 24.2 Å². The fourth-order valence-corrected chi connectivity index (χ4v) is 1.79. The van der Waals surface area contributed by atoms with Crippen LogP contribution in [-0.2, 0) is 0 Å². The third-order valence-corrected chi connectivity index (χ3v) is 2.77. The lowest BCUT2D eigenvalue weighted by molar-refractivity contribution is 0.0986. The molecule has 0 amide bonds. The van der Waals surface area contributed by atoms with Gasteiger partial charge in [0.15, 0.2) is 5.78 Å². The lowest BCUT2D eigenvalue weighted by Crippen LogP contribution is -2.08. The number of carbonyl (C=O) groups is 1. The summed E-state index contributed by atoms with van der Waals surface area (Å²) in [4.78, 5) is 11.9. The summed E-state index contributed by atoms with van der Waals surface area (Å²) < 4.78 is 0. The third-order valence-electron chi connectivity index (χ3n) is 2.77. The van der Waals surface area contributed by atoms with Crippen LogP contribution in [0.15, 0.2) is 54.6 Å². The van der Waals surface area contributed by atoms with Crippen LogP contribution in [0.25, 0.3) is 0 Å². The molecule has 1 N–H and O–H groups in total. The van der Waals surface area contributed by atoms with Gasteiger partial charge in [0.05, 0.1) is 11.6 Å². The van der Waals surface area contributed by atoms with Gasteiger partial charge < -0.3 is 5.32 Å². The van der Waals surface area contributed by atoms with Crippen LogP contribution in [0, 0.1) is 11.3 Å². The van der Waals surface area contributed by atoms with E-state index in [1.54, 1.807) is 12.1 Å². The highest BCUT2D eigenvalue weighted by molar-refractivity contribution is 5.96. The average molecular weight is 250 g/mol. The summed E-state index contributed by atoms with van der Waals surface area (Å²) in [6.45, 7) is 0.558. The third kappa shape index (κ3) is 3.68. The van der Waals surface area contributed by atoms with Crippen LogP contribution in [0.2, 0.25) is 0 Å². The van der Waals surface area contributed by atoms with Gasteiger partial charge in [-0.15, -0.1) is 0 Å². The number of anilines is 1. The van der Waals surface area contributed by atoms with Crippen LogP contribution in [0.1, 0.15) is 22.3 Å². The van der Waals surface area contributed by atoms with E-state index in [4.69, 9.17) is 5.26 Å². The van der Waals surface area contributed by atoms with Crippen molar-refractivity contribution < 1.29 is 4.79 Å². The van der Waals surface area contributed by atoms with E-state index < -0.39 is 0 Å². The van der Waals surface area contributed by atoms with Gasteiger partial charge in [-0.05, 0) is 18.2 Å². The summed E-state index contributed by atoms with van der Waals surface area (Å²) in [6.07, 6.45) is 0.431. The zero-order valence-electron chi connectivity index (χ0n) is 10.5. The van der Waals surface area contributed by atoms with E-state index in [-0.39, 0.29) is 5.78 Å². The maximum absolute atomic E-state index is 11.9. The van der Waals surface area contributed by atoms with E-state index >= 15 is 0 Å². The number of nitrogens with zero attached hydrogens (tertiary/aromatic N) is 1. The van der Waals surface area contributed by atoms with Gasteiger partial charge in [0.25, 0.3) is 0 Å². The predicted molar refractivity (Wildman–Crippen MR) is 75.0 cm³/mol. The Morgan fingerprint density at radius 2 is 1.89 bits per heavy atom. The van der Waals surface area contributed by atoms with Crippen LogP contribution >= 0.6 is 0 Å². The molecule has 0 saturated heterocycles. The Hall–Kier alpha value is -2.60. The highest BCUT2D eigenvalue weighted by atomic mass is 16.1. The summed E-state index contributed by atoms with van der Waals surface area (Å²) in [5.41, 5.74) is 2.20. The van der Waals surface area contributed by atoms with E-state index in [0.29, 0.717) is 18.5 Å². The number of hydrogen-bond acceptors (Lipinski definition) is 3. The van der Waals surface area contributed by atoms with Crippen molar-refractivity contribution in [1.29, 1.82) is 5.26 Å². The number of benzene rings is 2. The summed E-state index contributed by atoms with van der Waals surface area (Å²) in [5.74, 6) is 0.115. The topological polar surface area (TPSA) is 52.9 Å². The number of nitriles is 1. The van der Waals surface area contributed by atoms with Gasteiger partial charge in [-0.1, -0.05) is 36.4 Å². The molecule has 0 aromatic heterocycles. The summed E-state index contributed by atoms with van der Waals surface area (Å²) >= 11 is 0. The van der Waals surface area contributed by atoms with E-state index in [1.165, 1.54) is 0 Å². The molecule has 0 atom stereocenters. The number of rotatable bonds is 5. The highest BCUT2D eigenvalue weighted by Gasteiger charge is 2.04. The zero-order chi connectivity index (χ0) is 13.5. The molecule has 0 heterocycles. The number of carbonyl (C=O) groups excluding carboxylic acids is 1. The normalized spacial score (nSPS) is 9.63. The van der Waals surface area contributed by atoms with Crippen LogP contribution in [-0.4, -0.2) is 12.3 Å². The van der Waals surface area contributed by atoms with E-state index in [2.05, 4.69) is 11.4 Å². The Labute approximate surface area is 112 Å². The molecule has 0 saturated carbocycles. The van der Waals surface area contributed by atoms with Crippen LogP contribution in [0.4, 0.5) is 5.69 Å². The van der Waals surface area contributed by atoms with Gasteiger partial charge in [-0.25, -0.2) is 0 Å². The smallest absolute Gasteiger partial charge is 0.164 e. The molecule has 19 heavy (non-hydrogen) atoms. The molecular weight excluding hydrogens is 236 g/mol. The van der Waals surface area contributed by atoms with Crippen molar-refractivity contribution >= 4 is 11.5 Å². The fraction of sp³-hybridized carbons (Fsp3) is 0.125.